The molecular formula is C16H26N2. The molecule has 0 radical (unpaired) electrons. The lowest BCUT2D eigenvalue weighted by Gasteiger charge is -2.30. The molecule has 1 aliphatic rings. The van der Waals surface area contributed by atoms with E-state index >= 15 is 0 Å². The minimum atomic E-state index is 0.675. The highest BCUT2D eigenvalue weighted by atomic mass is 15.1. The minimum absolute atomic E-state index is 0.675. The van der Waals surface area contributed by atoms with Gasteiger partial charge in [-0.05, 0) is 43.0 Å². The number of anilines is 2. The molecule has 2 heteroatoms. The summed E-state index contributed by atoms with van der Waals surface area (Å²) in [6, 6.07) is 9.44. The first-order valence-corrected chi connectivity index (χ1v) is 7.23. The summed E-state index contributed by atoms with van der Waals surface area (Å²) in [5, 5.41) is 3.69. The Hall–Kier alpha value is -1.18. The fourth-order valence-corrected chi connectivity index (χ4v) is 2.88. The molecule has 1 saturated carbocycles. The van der Waals surface area contributed by atoms with Gasteiger partial charge in [0.25, 0.3) is 0 Å². The van der Waals surface area contributed by atoms with Crippen LogP contribution in [0.3, 0.4) is 0 Å². The third-order valence-electron chi connectivity index (χ3n) is 4.11. The standard InChI is InChI=1S/C16H26N2/c1-4-13-6-5-7-15(12-13)17-14-8-10-16(11-9-14)18(2)3/h8-11,13,15,17H,4-7,12H2,1-3H3. The summed E-state index contributed by atoms with van der Waals surface area (Å²) < 4.78 is 0. The molecular weight excluding hydrogens is 220 g/mol. The maximum atomic E-state index is 3.69. The topological polar surface area (TPSA) is 15.3 Å². The second-order valence-electron chi connectivity index (χ2n) is 5.72. The van der Waals surface area contributed by atoms with Crippen molar-refractivity contribution in [2.24, 2.45) is 5.92 Å². The predicted molar refractivity (Wildman–Crippen MR) is 80.4 cm³/mol. The number of rotatable bonds is 4. The monoisotopic (exact) mass is 246 g/mol. The molecule has 0 heterocycles. The average molecular weight is 246 g/mol. The Balaban J connectivity index is 1.92. The third-order valence-corrected chi connectivity index (χ3v) is 4.11. The summed E-state index contributed by atoms with van der Waals surface area (Å²) in [4.78, 5) is 2.14. The summed E-state index contributed by atoms with van der Waals surface area (Å²) in [7, 11) is 4.16. The third kappa shape index (κ3) is 3.41. The van der Waals surface area contributed by atoms with Crippen molar-refractivity contribution >= 4 is 11.4 Å². The van der Waals surface area contributed by atoms with E-state index in [-0.39, 0.29) is 0 Å². The molecule has 0 spiro atoms. The number of nitrogens with one attached hydrogen (secondary N) is 1. The van der Waals surface area contributed by atoms with Crippen LogP contribution in [0.2, 0.25) is 0 Å². The van der Waals surface area contributed by atoms with Crippen molar-refractivity contribution in [2.45, 2.75) is 45.1 Å². The molecule has 1 aliphatic carbocycles. The van der Waals surface area contributed by atoms with Gasteiger partial charge in [-0.3, -0.25) is 0 Å². The van der Waals surface area contributed by atoms with Crippen LogP contribution in [0.5, 0.6) is 0 Å². The Kier molecular flexibility index (Phi) is 4.51. The van der Waals surface area contributed by atoms with Crippen LogP contribution < -0.4 is 10.2 Å². The Labute approximate surface area is 111 Å². The van der Waals surface area contributed by atoms with Crippen LogP contribution >= 0.6 is 0 Å². The van der Waals surface area contributed by atoms with Crippen molar-refractivity contribution < 1.29 is 0 Å². The van der Waals surface area contributed by atoms with E-state index in [0.29, 0.717) is 6.04 Å². The Bertz CT molecular complexity index is 356. The van der Waals surface area contributed by atoms with Crippen LogP contribution in [-0.2, 0) is 0 Å². The van der Waals surface area contributed by atoms with Gasteiger partial charge in [-0.25, -0.2) is 0 Å². The second-order valence-corrected chi connectivity index (χ2v) is 5.72. The number of hydrogen-bond donors (Lipinski definition) is 1. The molecule has 18 heavy (non-hydrogen) atoms. The Morgan fingerprint density at radius 1 is 1.17 bits per heavy atom. The summed E-state index contributed by atoms with van der Waals surface area (Å²) in [6.45, 7) is 2.32. The lowest BCUT2D eigenvalue weighted by molar-refractivity contribution is 0.327. The first-order valence-electron chi connectivity index (χ1n) is 7.23. The predicted octanol–water partition coefficient (Wildman–Crippen LogP) is 4.13. The lowest BCUT2D eigenvalue weighted by Crippen LogP contribution is -2.27. The van der Waals surface area contributed by atoms with E-state index in [2.05, 4.69) is 55.5 Å². The average Bonchev–Trinajstić information content (AvgIpc) is 2.39. The van der Waals surface area contributed by atoms with Gasteiger partial charge < -0.3 is 10.2 Å². The highest BCUT2D eigenvalue weighted by molar-refractivity contribution is 5.54. The zero-order valence-electron chi connectivity index (χ0n) is 11.9. The molecule has 1 N–H and O–H groups in total. The molecule has 1 aromatic carbocycles. The zero-order chi connectivity index (χ0) is 13.0. The molecule has 0 bridgehead atoms. The molecule has 1 aromatic rings. The smallest absolute Gasteiger partial charge is 0.0362 e. The quantitative estimate of drug-likeness (QED) is 0.859. The van der Waals surface area contributed by atoms with Crippen LogP contribution in [-0.4, -0.2) is 20.1 Å². The van der Waals surface area contributed by atoms with Crippen molar-refractivity contribution in [1.29, 1.82) is 0 Å². The molecule has 2 unspecified atom stereocenters. The van der Waals surface area contributed by atoms with Crippen molar-refractivity contribution in [3.8, 4) is 0 Å². The van der Waals surface area contributed by atoms with Crippen molar-refractivity contribution in [3.05, 3.63) is 24.3 Å². The van der Waals surface area contributed by atoms with E-state index in [4.69, 9.17) is 0 Å². The van der Waals surface area contributed by atoms with Crippen molar-refractivity contribution in [1.82, 2.24) is 0 Å². The van der Waals surface area contributed by atoms with Crippen LogP contribution in [0.25, 0.3) is 0 Å². The van der Waals surface area contributed by atoms with E-state index in [9.17, 15) is 0 Å². The molecule has 0 aromatic heterocycles. The first kappa shape index (κ1) is 13.3. The van der Waals surface area contributed by atoms with E-state index < -0.39 is 0 Å². The normalized spacial score (nSPS) is 23.7. The first-order chi connectivity index (χ1) is 8.69. The Morgan fingerprint density at radius 2 is 1.89 bits per heavy atom. The summed E-state index contributed by atoms with van der Waals surface area (Å²) in [5.41, 5.74) is 2.53. The summed E-state index contributed by atoms with van der Waals surface area (Å²) in [6.07, 6.45) is 6.80. The largest absolute Gasteiger partial charge is 0.382 e. The van der Waals surface area contributed by atoms with Gasteiger partial charge in [0.2, 0.25) is 0 Å². The molecule has 0 saturated heterocycles. The van der Waals surface area contributed by atoms with Gasteiger partial charge >= 0.3 is 0 Å². The number of nitrogens with zero attached hydrogens (tertiary/aromatic N) is 1. The van der Waals surface area contributed by atoms with Gasteiger partial charge in [0.1, 0.15) is 0 Å². The maximum Gasteiger partial charge on any atom is 0.0362 e. The number of hydrogen-bond acceptors (Lipinski definition) is 2. The van der Waals surface area contributed by atoms with Gasteiger partial charge in [-0.1, -0.05) is 26.2 Å². The highest BCUT2D eigenvalue weighted by Gasteiger charge is 2.20. The van der Waals surface area contributed by atoms with E-state index in [1.807, 2.05) is 0 Å². The van der Waals surface area contributed by atoms with E-state index in [1.54, 1.807) is 0 Å². The van der Waals surface area contributed by atoms with Crippen LogP contribution in [0.4, 0.5) is 11.4 Å². The Morgan fingerprint density at radius 3 is 2.50 bits per heavy atom. The molecule has 0 amide bonds. The van der Waals surface area contributed by atoms with Crippen LogP contribution in [0.15, 0.2) is 24.3 Å². The van der Waals surface area contributed by atoms with Gasteiger partial charge in [-0.2, -0.15) is 0 Å². The summed E-state index contributed by atoms with van der Waals surface area (Å²) in [5.74, 6) is 0.928. The minimum Gasteiger partial charge on any atom is -0.382 e. The second kappa shape index (κ2) is 6.12. The summed E-state index contributed by atoms with van der Waals surface area (Å²) >= 11 is 0. The number of benzene rings is 1. The van der Waals surface area contributed by atoms with Crippen molar-refractivity contribution in [3.63, 3.8) is 0 Å². The fourth-order valence-electron chi connectivity index (χ4n) is 2.88. The fraction of sp³-hybridized carbons (Fsp3) is 0.625. The molecule has 2 nitrogen and oxygen atoms in total. The van der Waals surface area contributed by atoms with Crippen LogP contribution in [0.1, 0.15) is 39.0 Å². The maximum absolute atomic E-state index is 3.69. The molecule has 1 fully saturated rings. The molecule has 100 valence electrons. The SMILES string of the molecule is CCC1CCCC(Nc2ccc(N(C)C)cc2)C1. The zero-order valence-corrected chi connectivity index (χ0v) is 11.9. The van der Waals surface area contributed by atoms with Gasteiger partial charge in [0, 0.05) is 31.5 Å². The lowest BCUT2D eigenvalue weighted by atomic mass is 9.84. The van der Waals surface area contributed by atoms with Gasteiger partial charge in [-0.15, -0.1) is 0 Å². The molecule has 2 rings (SSSR count). The van der Waals surface area contributed by atoms with Gasteiger partial charge in [0.05, 0.1) is 0 Å². The highest BCUT2D eigenvalue weighted by Crippen LogP contribution is 2.29. The van der Waals surface area contributed by atoms with Crippen molar-refractivity contribution in [2.75, 3.05) is 24.3 Å². The molecule has 2 atom stereocenters. The van der Waals surface area contributed by atoms with E-state index in [1.165, 1.54) is 43.5 Å². The van der Waals surface area contributed by atoms with E-state index in [0.717, 1.165) is 5.92 Å². The molecule has 0 aliphatic heterocycles. The van der Waals surface area contributed by atoms with Gasteiger partial charge in [0.15, 0.2) is 0 Å². The van der Waals surface area contributed by atoms with Crippen LogP contribution in [0, 0.1) is 5.92 Å².